The fourth-order valence-electron chi connectivity index (χ4n) is 4.29. The lowest BCUT2D eigenvalue weighted by Crippen LogP contribution is -2.50. The van der Waals surface area contributed by atoms with Crippen molar-refractivity contribution in [3.63, 3.8) is 0 Å². The minimum Gasteiger partial charge on any atom is -0.360 e. The van der Waals surface area contributed by atoms with Gasteiger partial charge in [0.05, 0.1) is 24.1 Å². The molecule has 1 aromatic carbocycles. The van der Waals surface area contributed by atoms with Crippen LogP contribution in [0.3, 0.4) is 0 Å². The van der Waals surface area contributed by atoms with Crippen LogP contribution in [-0.4, -0.2) is 41.1 Å². The van der Waals surface area contributed by atoms with Gasteiger partial charge in [0.2, 0.25) is 5.91 Å². The van der Waals surface area contributed by atoms with E-state index in [-0.39, 0.29) is 36.1 Å². The lowest BCUT2D eigenvalue weighted by Gasteiger charge is -2.32. The molecular formula is C20H25FN4O2. The molecule has 2 N–H and O–H groups in total. The molecule has 2 aromatic rings. The van der Waals surface area contributed by atoms with E-state index >= 15 is 0 Å². The smallest absolute Gasteiger partial charge is 0.227 e. The lowest BCUT2D eigenvalue weighted by molar-refractivity contribution is -0.131. The van der Waals surface area contributed by atoms with E-state index in [1.165, 1.54) is 6.07 Å². The number of hydrazine groups is 1. The molecule has 0 bridgehead atoms. The average Bonchev–Trinajstić information content (AvgIpc) is 3.37. The summed E-state index contributed by atoms with van der Waals surface area (Å²) in [6.45, 7) is 5.39. The fourth-order valence-corrected chi connectivity index (χ4v) is 4.29. The van der Waals surface area contributed by atoms with Crippen LogP contribution in [-0.2, 0) is 11.2 Å². The zero-order valence-corrected chi connectivity index (χ0v) is 15.7. The monoisotopic (exact) mass is 372 g/mol. The number of hydrogen-bond donors (Lipinski definition) is 2. The van der Waals surface area contributed by atoms with Gasteiger partial charge in [-0.05, 0) is 38.3 Å². The Labute approximate surface area is 158 Å². The molecule has 6 nitrogen and oxygen atoms in total. The quantitative estimate of drug-likeness (QED) is 0.861. The van der Waals surface area contributed by atoms with Crippen LogP contribution in [0.25, 0.3) is 0 Å². The first-order valence-corrected chi connectivity index (χ1v) is 9.50. The van der Waals surface area contributed by atoms with E-state index in [9.17, 15) is 9.18 Å². The van der Waals surface area contributed by atoms with Gasteiger partial charge in [0.1, 0.15) is 11.6 Å². The molecule has 0 saturated carbocycles. The van der Waals surface area contributed by atoms with Gasteiger partial charge in [0.25, 0.3) is 0 Å². The Bertz CT molecular complexity index is 837. The number of benzene rings is 1. The number of halogens is 1. The molecule has 2 aliphatic rings. The number of aromatic nitrogens is 1. The average molecular weight is 372 g/mol. The van der Waals surface area contributed by atoms with Gasteiger partial charge < -0.3 is 9.42 Å². The van der Waals surface area contributed by atoms with Gasteiger partial charge in [-0.25, -0.2) is 4.39 Å². The van der Waals surface area contributed by atoms with Gasteiger partial charge in [-0.3, -0.25) is 15.6 Å². The molecule has 0 radical (unpaired) electrons. The van der Waals surface area contributed by atoms with Crippen LogP contribution in [0, 0.1) is 19.7 Å². The van der Waals surface area contributed by atoms with E-state index < -0.39 is 0 Å². The van der Waals surface area contributed by atoms with Crippen LogP contribution in [0.1, 0.15) is 41.3 Å². The van der Waals surface area contributed by atoms with Crippen LogP contribution in [0.15, 0.2) is 28.8 Å². The third kappa shape index (κ3) is 3.37. The van der Waals surface area contributed by atoms with Gasteiger partial charge in [-0.1, -0.05) is 23.4 Å². The van der Waals surface area contributed by atoms with Crippen molar-refractivity contribution in [2.75, 3.05) is 13.1 Å². The predicted molar refractivity (Wildman–Crippen MR) is 98.5 cm³/mol. The summed E-state index contributed by atoms with van der Waals surface area (Å²) < 4.78 is 19.5. The number of likely N-dealkylation sites (tertiary alicyclic amines) is 1. The second-order valence-electron chi connectivity index (χ2n) is 7.48. The highest BCUT2D eigenvalue weighted by atomic mass is 19.1. The summed E-state index contributed by atoms with van der Waals surface area (Å²) in [5.74, 6) is 0.634. The Balaban J connectivity index is 1.53. The van der Waals surface area contributed by atoms with Crippen molar-refractivity contribution in [3.8, 4) is 0 Å². The van der Waals surface area contributed by atoms with E-state index in [2.05, 4.69) is 16.0 Å². The summed E-state index contributed by atoms with van der Waals surface area (Å²) in [6, 6.07) is 6.58. The molecule has 3 heterocycles. The highest BCUT2D eigenvalue weighted by Crippen LogP contribution is 2.33. The molecule has 1 aromatic heterocycles. The van der Waals surface area contributed by atoms with Crippen LogP contribution in [0.4, 0.5) is 4.39 Å². The van der Waals surface area contributed by atoms with Crippen molar-refractivity contribution < 1.29 is 13.7 Å². The number of rotatable bonds is 4. The van der Waals surface area contributed by atoms with Crippen molar-refractivity contribution in [2.45, 2.75) is 51.1 Å². The highest BCUT2D eigenvalue weighted by molar-refractivity contribution is 5.79. The molecule has 27 heavy (non-hydrogen) atoms. The third-order valence-electron chi connectivity index (χ3n) is 5.89. The summed E-state index contributed by atoms with van der Waals surface area (Å²) in [4.78, 5) is 14.8. The number of carbonyl (C=O) groups excluding carboxylic acids is 1. The van der Waals surface area contributed by atoms with Crippen LogP contribution in [0.5, 0.6) is 0 Å². The van der Waals surface area contributed by atoms with E-state index in [1.807, 2.05) is 18.7 Å². The molecule has 2 saturated heterocycles. The molecule has 2 fully saturated rings. The topological polar surface area (TPSA) is 70.4 Å². The Kier molecular flexibility index (Phi) is 4.97. The zero-order valence-electron chi connectivity index (χ0n) is 15.7. The molecule has 1 amide bonds. The van der Waals surface area contributed by atoms with Gasteiger partial charge in [0, 0.05) is 24.7 Å². The summed E-state index contributed by atoms with van der Waals surface area (Å²) in [5, 5.41) is 4.09. The first kappa shape index (κ1) is 18.1. The highest BCUT2D eigenvalue weighted by Gasteiger charge is 2.43. The number of carbonyl (C=O) groups is 1. The maximum absolute atomic E-state index is 14.0. The molecule has 4 rings (SSSR count). The first-order valence-electron chi connectivity index (χ1n) is 9.50. The normalized spacial score (nSPS) is 25.3. The molecule has 0 aliphatic carbocycles. The Morgan fingerprint density at radius 2 is 2.19 bits per heavy atom. The fraction of sp³-hybridized carbons (Fsp3) is 0.500. The maximum Gasteiger partial charge on any atom is 0.227 e. The van der Waals surface area contributed by atoms with E-state index in [4.69, 9.17) is 4.52 Å². The van der Waals surface area contributed by atoms with Crippen LogP contribution >= 0.6 is 0 Å². The van der Waals surface area contributed by atoms with Crippen molar-refractivity contribution in [2.24, 2.45) is 0 Å². The molecule has 0 spiro atoms. The van der Waals surface area contributed by atoms with Crippen molar-refractivity contribution >= 4 is 5.91 Å². The zero-order chi connectivity index (χ0) is 19.0. The summed E-state index contributed by atoms with van der Waals surface area (Å²) in [6.07, 6.45) is 1.96. The maximum atomic E-state index is 14.0. The van der Waals surface area contributed by atoms with Crippen molar-refractivity contribution in [1.29, 1.82) is 0 Å². The Morgan fingerprint density at radius 1 is 1.37 bits per heavy atom. The van der Waals surface area contributed by atoms with Gasteiger partial charge in [0.15, 0.2) is 0 Å². The second kappa shape index (κ2) is 7.40. The van der Waals surface area contributed by atoms with Gasteiger partial charge in [-0.2, -0.15) is 0 Å². The van der Waals surface area contributed by atoms with Crippen molar-refractivity contribution in [1.82, 2.24) is 20.9 Å². The van der Waals surface area contributed by atoms with Gasteiger partial charge >= 0.3 is 0 Å². The summed E-state index contributed by atoms with van der Waals surface area (Å²) in [5.41, 5.74) is 8.97. The summed E-state index contributed by atoms with van der Waals surface area (Å²) >= 11 is 0. The summed E-state index contributed by atoms with van der Waals surface area (Å²) in [7, 11) is 0. The van der Waals surface area contributed by atoms with Crippen LogP contribution in [0.2, 0.25) is 0 Å². The molecule has 3 unspecified atom stereocenters. The van der Waals surface area contributed by atoms with E-state index in [1.54, 1.807) is 18.2 Å². The number of amides is 1. The number of aryl methyl sites for hydroxylation is 1. The first-order chi connectivity index (χ1) is 13.1. The number of nitrogens with zero attached hydrogens (tertiary/aromatic N) is 2. The third-order valence-corrected chi connectivity index (χ3v) is 5.89. The minimum absolute atomic E-state index is 0.0273. The molecule has 2 aliphatic heterocycles. The predicted octanol–water partition coefficient (Wildman–Crippen LogP) is 2.22. The standard InChI is InChI=1S/C20H25FN4O2/c1-12-13(2)24-27-20(12)15-11-22-23-19(15)17-8-5-9-25(17)18(26)10-14-6-3-4-7-16(14)21/h3-4,6-7,15,17,19,22-23H,5,8-11H2,1-2H3. The van der Waals surface area contributed by atoms with E-state index in [0.29, 0.717) is 12.1 Å². The molecule has 144 valence electrons. The molecule has 7 heteroatoms. The van der Waals surface area contributed by atoms with E-state index in [0.717, 1.165) is 36.4 Å². The molecule has 3 atom stereocenters. The number of nitrogens with one attached hydrogen (secondary N) is 2. The number of hydrogen-bond acceptors (Lipinski definition) is 5. The van der Waals surface area contributed by atoms with Crippen LogP contribution < -0.4 is 10.9 Å². The second-order valence-corrected chi connectivity index (χ2v) is 7.48. The Morgan fingerprint density at radius 3 is 2.93 bits per heavy atom. The largest absolute Gasteiger partial charge is 0.360 e. The van der Waals surface area contributed by atoms with Crippen molar-refractivity contribution in [3.05, 3.63) is 52.7 Å². The SMILES string of the molecule is Cc1noc(C2CNNC2C2CCCN2C(=O)Cc2ccccc2F)c1C. The lowest BCUT2D eigenvalue weighted by atomic mass is 9.89. The van der Waals surface area contributed by atoms with Gasteiger partial charge in [-0.15, -0.1) is 0 Å². The molecular weight excluding hydrogens is 347 g/mol. The minimum atomic E-state index is -0.326. The Hall–Kier alpha value is -2.25.